The highest BCUT2D eigenvalue weighted by atomic mass is 16.4. The van der Waals surface area contributed by atoms with E-state index in [-0.39, 0.29) is 29.2 Å². The summed E-state index contributed by atoms with van der Waals surface area (Å²) in [5.74, 6) is -1.59. The topological polar surface area (TPSA) is 104 Å². The molecule has 13 heavy (non-hydrogen) atoms. The molecule has 0 aliphatic carbocycles. The molecular formula is C8H9NO4. The first-order valence-electron chi connectivity index (χ1n) is 3.53. The van der Waals surface area contributed by atoms with E-state index in [2.05, 4.69) is 0 Å². The molecule has 0 amide bonds. The third-order valence-electron chi connectivity index (χ3n) is 1.57. The summed E-state index contributed by atoms with van der Waals surface area (Å²) >= 11 is 0. The number of aromatic hydroxyl groups is 2. The molecule has 0 aliphatic heterocycles. The average molecular weight is 183 g/mol. The van der Waals surface area contributed by atoms with Crippen LogP contribution in [0.15, 0.2) is 12.1 Å². The molecule has 0 saturated heterocycles. The van der Waals surface area contributed by atoms with E-state index in [1.165, 1.54) is 6.07 Å². The number of carboxylic acid groups (broad SMARTS) is 1. The van der Waals surface area contributed by atoms with Crippen molar-refractivity contribution in [2.45, 2.75) is 6.42 Å². The number of aliphatic carboxylic acids is 1. The van der Waals surface area contributed by atoms with Crippen LogP contribution in [0.5, 0.6) is 11.5 Å². The molecule has 0 aliphatic rings. The smallest absolute Gasteiger partial charge is 0.307 e. The van der Waals surface area contributed by atoms with Crippen LogP contribution in [0.3, 0.4) is 0 Å². The minimum Gasteiger partial charge on any atom is -0.508 e. The molecule has 0 radical (unpaired) electrons. The van der Waals surface area contributed by atoms with E-state index in [1.54, 1.807) is 0 Å². The SMILES string of the molecule is Nc1c(O)cc(O)cc1CC(=O)O. The van der Waals surface area contributed by atoms with Gasteiger partial charge in [-0.3, -0.25) is 4.79 Å². The zero-order valence-corrected chi connectivity index (χ0v) is 6.69. The van der Waals surface area contributed by atoms with Gasteiger partial charge in [-0.05, 0) is 11.6 Å². The predicted octanol–water partition coefficient (Wildman–Crippen LogP) is 0.307. The first-order valence-corrected chi connectivity index (χ1v) is 3.53. The second-order valence-electron chi connectivity index (χ2n) is 2.61. The molecular weight excluding hydrogens is 174 g/mol. The highest BCUT2D eigenvalue weighted by Gasteiger charge is 2.09. The Bertz CT molecular complexity index is 348. The molecule has 0 aromatic heterocycles. The van der Waals surface area contributed by atoms with Crippen LogP contribution in [0.4, 0.5) is 5.69 Å². The number of phenolic OH excluding ortho intramolecular Hbond substituents is 2. The molecule has 0 unspecified atom stereocenters. The number of rotatable bonds is 2. The van der Waals surface area contributed by atoms with Gasteiger partial charge in [0.15, 0.2) is 0 Å². The number of phenols is 2. The van der Waals surface area contributed by atoms with E-state index < -0.39 is 5.97 Å². The fourth-order valence-corrected chi connectivity index (χ4v) is 0.989. The van der Waals surface area contributed by atoms with Crippen LogP contribution in [-0.4, -0.2) is 21.3 Å². The maximum atomic E-state index is 10.3. The number of hydrogen-bond donors (Lipinski definition) is 4. The van der Waals surface area contributed by atoms with E-state index in [0.717, 1.165) is 6.07 Å². The summed E-state index contributed by atoms with van der Waals surface area (Å²) in [6, 6.07) is 2.27. The Morgan fingerprint density at radius 2 is 2.00 bits per heavy atom. The highest BCUT2D eigenvalue weighted by molar-refractivity contribution is 5.75. The number of anilines is 1. The Labute approximate surface area is 74.0 Å². The molecule has 0 atom stereocenters. The maximum absolute atomic E-state index is 10.3. The quantitative estimate of drug-likeness (QED) is 0.300. The van der Waals surface area contributed by atoms with Gasteiger partial charge >= 0.3 is 5.97 Å². The first-order chi connectivity index (χ1) is 6.00. The minimum atomic E-state index is -1.07. The van der Waals surface area contributed by atoms with Gasteiger partial charge in [0.05, 0.1) is 12.1 Å². The Balaban J connectivity index is 3.12. The second kappa shape index (κ2) is 3.22. The monoisotopic (exact) mass is 183 g/mol. The molecule has 5 heteroatoms. The van der Waals surface area contributed by atoms with Gasteiger partial charge in [-0.25, -0.2) is 0 Å². The van der Waals surface area contributed by atoms with Gasteiger partial charge < -0.3 is 21.1 Å². The molecule has 5 N–H and O–H groups in total. The zero-order chi connectivity index (χ0) is 10.0. The van der Waals surface area contributed by atoms with Crippen LogP contribution < -0.4 is 5.73 Å². The Morgan fingerprint density at radius 1 is 1.38 bits per heavy atom. The molecule has 1 rings (SSSR count). The molecule has 0 bridgehead atoms. The Hall–Kier alpha value is -1.91. The van der Waals surface area contributed by atoms with Gasteiger partial charge in [-0.15, -0.1) is 0 Å². The van der Waals surface area contributed by atoms with Gasteiger partial charge in [0.2, 0.25) is 0 Å². The lowest BCUT2D eigenvalue weighted by atomic mass is 10.1. The van der Waals surface area contributed by atoms with Crippen molar-refractivity contribution in [1.82, 2.24) is 0 Å². The minimum absolute atomic E-state index is 0.0137. The summed E-state index contributed by atoms with van der Waals surface area (Å²) in [6.07, 6.45) is -0.326. The van der Waals surface area contributed by atoms with Gasteiger partial charge in [0, 0.05) is 6.07 Å². The molecule has 0 fully saturated rings. The summed E-state index contributed by atoms with van der Waals surface area (Å²) < 4.78 is 0. The summed E-state index contributed by atoms with van der Waals surface area (Å²) in [5, 5.41) is 26.6. The van der Waals surface area contributed by atoms with Gasteiger partial charge in [0.1, 0.15) is 11.5 Å². The third kappa shape index (κ3) is 2.02. The lowest BCUT2D eigenvalue weighted by Crippen LogP contribution is -2.03. The fraction of sp³-hybridized carbons (Fsp3) is 0.125. The normalized spacial score (nSPS) is 9.85. The second-order valence-corrected chi connectivity index (χ2v) is 2.61. The molecule has 0 spiro atoms. The van der Waals surface area contributed by atoms with Gasteiger partial charge in [-0.1, -0.05) is 0 Å². The van der Waals surface area contributed by atoms with Gasteiger partial charge in [0.25, 0.3) is 0 Å². The van der Waals surface area contributed by atoms with E-state index in [0.29, 0.717) is 0 Å². The van der Waals surface area contributed by atoms with Crippen LogP contribution in [0.2, 0.25) is 0 Å². The van der Waals surface area contributed by atoms with Crippen molar-refractivity contribution < 1.29 is 20.1 Å². The van der Waals surface area contributed by atoms with Crippen LogP contribution in [0.1, 0.15) is 5.56 Å². The number of carbonyl (C=O) groups is 1. The first kappa shape index (κ1) is 9.18. The largest absolute Gasteiger partial charge is 0.508 e. The Kier molecular flexibility index (Phi) is 2.27. The number of hydrogen-bond acceptors (Lipinski definition) is 4. The highest BCUT2D eigenvalue weighted by Crippen LogP contribution is 2.29. The summed E-state index contributed by atoms with van der Waals surface area (Å²) in [7, 11) is 0. The van der Waals surface area contributed by atoms with E-state index in [4.69, 9.17) is 21.1 Å². The lowest BCUT2D eigenvalue weighted by molar-refractivity contribution is -0.136. The summed E-state index contributed by atoms with van der Waals surface area (Å²) in [4.78, 5) is 10.3. The number of carboxylic acids is 1. The molecule has 0 heterocycles. The average Bonchev–Trinajstić information content (AvgIpc) is 1.98. The van der Waals surface area contributed by atoms with Crippen LogP contribution in [-0.2, 0) is 11.2 Å². The van der Waals surface area contributed by atoms with Crippen molar-refractivity contribution in [3.8, 4) is 11.5 Å². The van der Waals surface area contributed by atoms with Crippen molar-refractivity contribution >= 4 is 11.7 Å². The number of benzene rings is 1. The lowest BCUT2D eigenvalue weighted by Gasteiger charge is -2.05. The zero-order valence-electron chi connectivity index (χ0n) is 6.69. The van der Waals surface area contributed by atoms with Crippen molar-refractivity contribution in [2.24, 2.45) is 0 Å². The maximum Gasteiger partial charge on any atom is 0.307 e. The predicted molar refractivity (Wildman–Crippen MR) is 45.5 cm³/mol. The molecule has 1 aromatic carbocycles. The molecule has 1 aromatic rings. The van der Waals surface area contributed by atoms with Gasteiger partial charge in [-0.2, -0.15) is 0 Å². The summed E-state index contributed by atoms with van der Waals surface area (Å²) in [5.41, 5.74) is 5.56. The van der Waals surface area contributed by atoms with Crippen LogP contribution in [0.25, 0.3) is 0 Å². The van der Waals surface area contributed by atoms with E-state index >= 15 is 0 Å². The van der Waals surface area contributed by atoms with Crippen LogP contribution >= 0.6 is 0 Å². The number of nitrogens with two attached hydrogens (primary N) is 1. The van der Waals surface area contributed by atoms with E-state index in [9.17, 15) is 4.79 Å². The van der Waals surface area contributed by atoms with Crippen molar-refractivity contribution in [3.05, 3.63) is 17.7 Å². The Morgan fingerprint density at radius 3 is 2.54 bits per heavy atom. The number of nitrogen functional groups attached to an aromatic ring is 1. The van der Waals surface area contributed by atoms with Crippen LogP contribution in [0, 0.1) is 0 Å². The summed E-state index contributed by atoms with van der Waals surface area (Å²) in [6.45, 7) is 0. The van der Waals surface area contributed by atoms with E-state index in [1.807, 2.05) is 0 Å². The third-order valence-corrected chi connectivity index (χ3v) is 1.57. The molecule has 5 nitrogen and oxygen atoms in total. The molecule has 0 saturated carbocycles. The fourth-order valence-electron chi connectivity index (χ4n) is 0.989. The van der Waals surface area contributed by atoms with Crippen molar-refractivity contribution in [2.75, 3.05) is 5.73 Å². The van der Waals surface area contributed by atoms with Crippen molar-refractivity contribution in [3.63, 3.8) is 0 Å². The standard InChI is InChI=1S/C8H9NO4/c9-8-4(2-7(12)13)1-5(10)3-6(8)11/h1,3,10-11H,2,9H2,(H,12,13). The van der Waals surface area contributed by atoms with Crippen molar-refractivity contribution in [1.29, 1.82) is 0 Å². The molecule has 70 valence electrons.